The number of hydrogen-bond donors (Lipinski definition) is 0. The van der Waals surface area contributed by atoms with Crippen LogP contribution in [-0.4, -0.2) is 22.6 Å². The second-order valence-electron chi connectivity index (χ2n) is 27.6. The highest BCUT2D eigenvalue weighted by atomic mass is 16.5. The van der Waals surface area contributed by atoms with E-state index >= 15 is 0 Å². The summed E-state index contributed by atoms with van der Waals surface area (Å²) in [6.45, 7) is 3.90. The maximum absolute atomic E-state index is 11.9. The largest absolute Gasteiger partial charge is 0.456 e. The van der Waals surface area contributed by atoms with Crippen molar-refractivity contribution >= 4 is 146 Å². The van der Waals surface area contributed by atoms with E-state index in [-0.39, 0.29) is 77.7 Å². The molecule has 0 aliphatic carbocycles. The Morgan fingerprint density at radius 3 is 1.58 bits per heavy atom. The van der Waals surface area contributed by atoms with Crippen LogP contribution in [-0.2, 0) is 5.41 Å². The number of rotatable bonds is 7. The maximum Gasteiger partial charge on any atom is 0.256 e. The van der Waals surface area contributed by atoms with Crippen molar-refractivity contribution in [2.45, 2.75) is 26.2 Å². The molecule has 4 aliphatic rings. The predicted molar refractivity (Wildman–Crippen MR) is 428 cm³/mol. The lowest BCUT2D eigenvalue weighted by Crippen LogP contribution is -2.64. The minimum absolute atomic E-state index is 0.0188. The quantitative estimate of drug-likeness (QED) is 0.149. The number of furan rings is 1. The average molecular weight is 1320 g/mol. The Balaban J connectivity index is 0.993. The zero-order valence-electron chi connectivity index (χ0n) is 73.0. The molecule has 4 aliphatic heterocycles. The zero-order chi connectivity index (χ0) is 82.9. The highest BCUT2D eigenvalue weighted by Crippen LogP contribution is 2.56. The fourth-order valence-electron chi connectivity index (χ4n) is 16.7. The molecular weight excluding hydrogens is 1240 g/mol. The van der Waals surface area contributed by atoms with E-state index in [0.717, 1.165) is 54.3 Å². The van der Waals surface area contributed by atoms with Gasteiger partial charge in [-0.3, -0.25) is 0 Å². The van der Waals surface area contributed by atoms with Crippen LogP contribution in [0.15, 0.2) is 326 Å². The molecule has 0 amide bonds. The molecular formula is C94H62B2N4O2. The summed E-state index contributed by atoms with van der Waals surface area (Å²) in [7, 11) is 0. The predicted octanol–water partition coefficient (Wildman–Crippen LogP) is 20.8. The Morgan fingerprint density at radius 2 is 0.922 bits per heavy atom. The third-order valence-corrected chi connectivity index (χ3v) is 21.1. The standard InChI is InChI=1S/C94H62B2N4O2/c1-94(2,3)63-53-82-87-83(54-63)100(89-71(59-30-12-6-13-31-59)50-62(58-28-10-5-11-29-58)51-72(89)60-32-14-7-15-33-60)81-55-64(97-77-41-20-16-34-65(77)66-35-17-21-42-78(66)97)47-49-73(81)95(87)76-56-84-88-93(91(76)99(82)80-44-25-39-70-68-37-19-23-45-85(68)101-92(70)80)102-86-52-61(57-26-8-4-9-27-57)46-48-74(86)96(88)75-40-24-38-69-67-36-18-22-43-79(67)98(84)90(69)75/h4-56H,1-3H3/i16D,17D,18D,20D,21D,22D,24D,34D,35D,36D,38D,40D,41D,42D,43D,47D,49D,55D. The van der Waals surface area contributed by atoms with Gasteiger partial charge in [-0.1, -0.05) is 263 Å². The van der Waals surface area contributed by atoms with E-state index in [4.69, 9.17) is 11.9 Å². The van der Waals surface area contributed by atoms with E-state index in [9.17, 15) is 21.9 Å². The molecule has 0 atom stereocenters. The van der Waals surface area contributed by atoms with Gasteiger partial charge in [0.25, 0.3) is 13.4 Å². The molecule has 0 spiro atoms. The minimum atomic E-state index is -1.34. The number of aromatic nitrogens is 2. The van der Waals surface area contributed by atoms with Gasteiger partial charge in [0.1, 0.15) is 17.1 Å². The lowest BCUT2D eigenvalue weighted by Gasteiger charge is -2.47. The summed E-state index contributed by atoms with van der Waals surface area (Å²) in [5.74, 6) is 0.514. The molecule has 22 rings (SSSR count). The van der Waals surface area contributed by atoms with Crippen LogP contribution in [0, 0.1) is 0 Å². The maximum atomic E-state index is 11.9. The van der Waals surface area contributed by atoms with Gasteiger partial charge < -0.3 is 28.1 Å². The number of hydrogen-bond acceptors (Lipinski definition) is 4. The summed E-state index contributed by atoms with van der Waals surface area (Å²) in [5, 5.41) is 0.918. The summed E-state index contributed by atoms with van der Waals surface area (Å²) in [5.41, 5.74) is 10.6. The first kappa shape index (κ1) is 42.2. The Labute approximate surface area is 616 Å². The van der Waals surface area contributed by atoms with E-state index in [1.807, 2.05) is 193 Å². The highest BCUT2D eigenvalue weighted by molar-refractivity contribution is 7.02. The SMILES string of the molecule is [2H]c1c([2H])c(-n2c3c([2H])c([2H])c([2H])c([2H])c3c3c([2H])c([2H])c([2H])c([2H])c32)c([2H])c2c1B1c3cc4c5c(c3N(c3cccc6c3oc3ccccc36)c3cc(C(C)(C)C)cc(c31)N2c1c(-c2ccccc2)cc(-c2ccccc2)cc1-c1ccccc1)Oc1cc(-c2ccccc2)ccc1B5c1c([2H])c([2H])c([2H])c2c3c([2H])c([2H])c([2H])c([2H])c3n-4c12. The third-order valence-electron chi connectivity index (χ3n) is 21.1. The normalized spacial score (nSPS) is 15.7. The molecule has 0 bridgehead atoms. The van der Waals surface area contributed by atoms with Crippen LogP contribution in [0.3, 0.4) is 0 Å². The number of fused-ring (bicyclic) bond motifs is 18. The summed E-state index contributed by atoms with van der Waals surface area (Å²) in [6.07, 6.45) is 0. The molecule has 0 saturated heterocycles. The number of ether oxygens (including phenoxy) is 1. The minimum Gasteiger partial charge on any atom is -0.456 e. The molecule has 15 aromatic carbocycles. The molecule has 18 aromatic rings. The van der Waals surface area contributed by atoms with Crippen molar-refractivity contribution in [3.63, 3.8) is 0 Å². The molecule has 102 heavy (non-hydrogen) atoms. The van der Waals surface area contributed by atoms with Gasteiger partial charge in [0, 0.05) is 77.4 Å². The average Bonchev–Trinajstić information content (AvgIpc) is 1.66. The summed E-state index contributed by atoms with van der Waals surface area (Å²) in [6, 6.07) is 58.6. The van der Waals surface area contributed by atoms with Crippen molar-refractivity contribution in [3.05, 3.63) is 327 Å². The van der Waals surface area contributed by atoms with Crippen LogP contribution in [0.5, 0.6) is 11.5 Å². The Bertz CT molecular complexity index is 7610. The first-order valence-corrected chi connectivity index (χ1v) is 34.1. The Hall–Kier alpha value is -12.8. The van der Waals surface area contributed by atoms with Crippen molar-refractivity contribution in [1.29, 1.82) is 0 Å². The van der Waals surface area contributed by atoms with Crippen molar-refractivity contribution in [2.75, 3.05) is 9.80 Å². The highest BCUT2D eigenvalue weighted by Gasteiger charge is 2.51. The van der Waals surface area contributed by atoms with Crippen LogP contribution in [0.25, 0.3) is 121 Å². The van der Waals surface area contributed by atoms with Crippen molar-refractivity contribution in [1.82, 2.24) is 9.13 Å². The van der Waals surface area contributed by atoms with Crippen molar-refractivity contribution in [3.8, 4) is 67.4 Å². The molecule has 476 valence electrons. The van der Waals surface area contributed by atoms with Crippen LogP contribution in [0.4, 0.5) is 34.1 Å². The third kappa shape index (κ3) is 8.09. The monoisotopic (exact) mass is 1320 g/mol. The van der Waals surface area contributed by atoms with Crippen molar-refractivity contribution in [2.24, 2.45) is 0 Å². The topological polar surface area (TPSA) is 38.7 Å². The van der Waals surface area contributed by atoms with Gasteiger partial charge in [0.15, 0.2) is 5.58 Å². The van der Waals surface area contributed by atoms with Gasteiger partial charge in [-0.2, -0.15) is 0 Å². The molecule has 6 nitrogen and oxygen atoms in total. The lowest BCUT2D eigenvalue weighted by atomic mass is 9.31. The van der Waals surface area contributed by atoms with Gasteiger partial charge in [0.2, 0.25) is 0 Å². The second kappa shape index (κ2) is 21.4. The van der Waals surface area contributed by atoms with E-state index in [1.54, 1.807) is 4.57 Å². The number of benzene rings is 15. The van der Waals surface area contributed by atoms with Gasteiger partial charge in [-0.25, -0.2) is 0 Å². The van der Waals surface area contributed by atoms with Gasteiger partial charge in [-0.05, 0) is 156 Å². The summed E-state index contributed by atoms with van der Waals surface area (Å²) >= 11 is 0. The molecule has 8 heteroatoms. The smallest absolute Gasteiger partial charge is 0.256 e. The van der Waals surface area contributed by atoms with E-state index in [1.165, 1.54) is 0 Å². The number of nitrogens with zero attached hydrogens (tertiary/aromatic N) is 4. The Kier molecular flexibility index (Phi) is 8.85. The van der Waals surface area contributed by atoms with Crippen molar-refractivity contribution < 1.29 is 33.8 Å². The van der Waals surface area contributed by atoms with Crippen LogP contribution in [0.2, 0.25) is 0 Å². The van der Waals surface area contributed by atoms with Gasteiger partial charge in [0.05, 0.1) is 58.3 Å². The van der Waals surface area contributed by atoms with Gasteiger partial charge in [-0.15, -0.1) is 0 Å². The fourth-order valence-corrected chi connectivity index (χ4v) is 16.7. The number of anilines is 6. The summed E-state index contributed by atoms with van der Waals surface area (Å²) < 4.78 is 198. The van der Waals surface area contributed by atoms with Crippen LogP contribution in [0.1, 0.15) is 51.0 Å². The zero-order valence-corrected chi connectivity index (χ0v) is 55.0. The van der Waals surface area contributed by atoms with E-state index < -0.39 is 127 Å². The van der Waals surface area contributed by atoms with E-state index in [0.29, 0.717) is 78.3 Å². The first-order valence-electron chi connectivity index (χ1n) is 43.1. The fraction of sp³-hybridized carbons (Fsp3) is 0.0426. The van der Waals surface area contributed by atoms with Gasteiger partial charge >= 0.3 is 0 Å². The summed E-state index contributed by atoms with van der Waals surface area (Å²) in [4.78, 5) is 4.11. The Morgan fingerprint density at radius 1 is 0.363 bits per heavy atom. The second-order valence-corrected chi connectivity index (χ2v) is 27.6. The molecule has 3 aromatic heterocycles. The molecule has 0 N–H and O–H groups in total. The molecule has 0 radical (unpaired) electrons. The molecule has 0 saturated carbocycles. The number of para-hydroxylation sites is 6. The lowest BCUT2D eigenvalue weighted by molar-refractivity contribution is 0.489. The first-order chi connectivity index (χ1) is 57.8. The molecule has 0 unspecified atom stereocenters. The molecule has 0 fully saturated rings. The van der Waals surface area contributed by atoms with E-state index in [2.05, 4.69) is 49.9 Å². The van der Waals surface area contributed by atoms with Crippen LogP contribution < -0.4 is 47.3 Å². The van der Waals surface area contributed by atoms with Crippen LogP contribution >= 0.6 is 0 Å². The molecule has 7 heterocycles.